The van der Waals surface area contributed by atoms with Gasteiger partial charge in [0.15, 0.2) is 17.5 Å². The molecule has 3 saturated heterocycles. The van der Waals surface area contributed by atoms with Crippen LogP contribution in [0.1, 0.15) is 77.4 Å². The summed E-state index contributed by atoms with van der Waals surface area (Å²) in [7, 11) is 0. The number of piperidine rings is 3. The number of furan rings is 1. The van der Waals surface area contributed by atoms with E-state index in [1.54, 1.807) is 42.7 Å². The predicted molar refractivity (Wildman–Crippen MR) is 217 cm³/mol. The van der Waals surface area contributed by atoms with Gasteiger partial charge < -0.3 is 28.7 Å². The number of carbonyl (C=O) groups is 2. The number of anilines is 1. The summed E-state index contributed by atoms with van der Waals surface area (Å²) in [5, 5.41) is 4.98. The Bertz CT molecular complexity index is 2250. The van der Waals surface area contributed by atoms with Crippen LogP contribution in [0.25, 0.3) is 11.0 Å². The van der Waals surface area contributed by atoms with Crippen LogP contribution in [-0.4, -0.2) is 55.8 Å². The number of esters is 2. The van der Waals surface area contributed by atoms with E-state index in [0.717, 1.165) is 49.7 Å². The molecule has 3 aliphatic heterocycles. The third-order valence-corrected chi connectivity index (χ3v) is 12.0. The molecule has 3 unspecified atom stereocenters. The zero-order chi connectivity index (χ0) is 40.3. The van der Waals surface area contributed by atoms with E-state index in [1.165, 1.54) is 6.07 Å². The topological polar surface area (TPSA) is 99.5 Å². The summed E-state index contributed by atoms with van der Waals surface area (Å²) in [4.78, 5) is 30.5. The molecule has 1 N–H and O–H groups in total. The number of ether oxygens (including phenoxy) is 4. The molecule has 0 amide bonds. The maximum Gasteiger partial charge on any atom is 0.387 e. The van der Waals surface area contributed by atoms with E-state index < -0.39 is 30.7 Å². The fraction of sp³-hybridized carbons (Fsp3) is 0.378. The first-order valence-corrected chi connectivity index (χ1v) is 20.5. The molecule has 0 spiro atoms. The van der Waals surface area contributed by atoms with Crippen molar-refractivity contribution in [3.8, 4) is 11.5 Å². The van der Waals surface area contributed by atoms with Gasteiger partial charge in [-0.3, -0.25) is 4.90 Å². The molecule has 9 rings (SSSR count). The number of carbonyl (C=O) groups excluding carboxylic acids is 2. The Morgan fingerprint density at radius 2 is 1.69 bits per heavy atom. The number of fused-ring (bicyclic) bond motifs is 4. The van der Waals surface area contributed by atoms with Gasteiger partial charge in [-0.2, -0.15) is 8.78 Å². The Labute approximate surface area is 345 Å². The van der Waals surface area contributed by atoms with Crippen LogP contribution in [0.5, 0.6) is 11.5 Å². The first-order valence-electron chi connectivity index (χ1n) is 19.8. The van der Waals surface area contributed by atoms with Crippen molar-refractivity contribution >= 4 is 51.8 Å². The van der Waals surface area contributed by atoms with Gasteiger partial charge in [-0.15, -0.1) is 0 Å². The molecule has 4 aliphatic rings. The van der Waals surface area contributed by atoms with E-state index in [9.17, 15) is 18.4 Å². The zero-order valence-corrected chi connectivity index (χ0v) is 33.4. The standard InChI is InChI=1S/C45H44Cl2F2N2O7/c1-2-26-18-35(46)34(36(47)19-26)23-39(29-8-11-38(58-45(48)49)40(22-29)55-25-27-6-7-27)56-43(52)32-4-3-5-33(21-32)50-42(31-9-10-37-30(20-31)14-17-54-37)44(53)57-41-24-51-15-12-28(41)13-16-51/h3-5,8-11,14,17-22,27-28,39,41-42,45,50H,2,6-7,12-13,15-16,23-25H2,1H3. The second-order valence-electron chi connectivity index (χ2n) is 15.3. The lowest BCUT2D eigenvalue weighted by Gasteiger charge is -2.44. The van der Waals surface area contributed by atoms with Crippen LogP contribution in [0.2, 0.25) is 10.0 Å². The maximum absolute atomic E-state index is 14.1. The Morgan fingerprint density at radius 3 is 2.40 bits per heavy atom. The van der Waals surface area contributed by atoms with Crippen molar-refractivity contribution in [2.45, 2.75) is 70.3 Å². The van der Waals surface area contributed by atoms with E-state index in [0.29, 0.717) is 69.4 Å². The van der Waals surface area contributed by atoms with Gasteiger partial charge in [0.2, 0.25) is 0 Å². The minimum Gasteiger partial charge on any atom is -0.489 e. The summed E-state index contributed by atoms with van der Waals surface area (Å²) in [5.41, 5.74) is 4.01. The maximum atomic E-state index is 14.1. The molecule has 3 atom stereocenters. The number of aryl methyl sites for hydroxylation is 1. The SMILES string of the molecule is CCc1cc(Cl)c(CC(OC(=O)c2cccc(NC(C(=O)OC3CN4CCC3CC4)c3ccc4occc4c3)c2)c2ccc(OC(F)F)c(OCC3CC3)c2)c(Cl)c1. The molecule has 1 aliphatic carbocycles. The second kappa shape index (κ2) is 17.6. The van der Waals surface area contributed by atoms with Gasteiger partial charge in [0.25, 0.3) is 0 Å². The highest BCUT2D eigenvalue weighted by Gasteiger charge is 2.38. The smallest absolute Gasteiger partial charge is 0.387 e. The van der Waals surface area contributed by atoms with Gasteiger partial charge in [0, 0.05) is 34.1 Å². The first kappa shape index (κ1) is 40.0. The quantitative estimate of drug-likeness (QED) is 0.0974. The van der Waals surface area contributed by atoms with E-state index in [-0.39, 0.29) is 29.6 Å². The molecule has 4 heterocycles. The Morgan fingerprint density at radius 1 is 0.914 bits per heavy atom. The lowest BCUT2D eigenvalue weighted by atomic mass is 9.86. The van der Waals surface area contributed by atoms with Crippen molar-refractivity contribution in [2.24, 2.45) is 11.8 Å². The van der Waals surface area contributed by atoms with Crippen LogP contribution in [0.3, 0.4) is 0 Å². The van der Waals surface area contributed by atoms with Crippen LogP contribution in [0.4, 0.5) is 14.5 Å². The van der Waals surface area contributed by atoms with Crippen LogP contribution in [0, 0.1) is 11.8 Å². The van der Waals surface area contributed by atoms with Crippen molar-refractivity contribution in [1.82, 2.24) is 4.90 Å². The van der Waals surface area contributed by atoms with Crippen molar-refractivity contribution in [3.63, 3.8) is 0 Å². The zero-order valence-electron chi connectivity index (χ0n) is 31.9. The monoisotopic (exact) mass is 832 g/mol. The van der Waals surface area contributed by atoms with Gasteiger partial charge >= 0.3 is 18.6 Å². The molecular weight excluding hydrogens is 789 g/mol. The van der Waals surface area contributed by atoms with E-state index >= 15 is 0 Å². The first-order chi connectivity index (χ1) is 28.1. The van der Waals surface area contributed by atoms with Crippen LogP contribution in [-0.2, 0) is 27.1 Å². The lowest BCUT2D eigenvalue weighted by molar-refractivity contribution is -0.159. The van der Waals surface area contributed by atoms with E-state index in [2.05, 4.69) is 10.2 Å². The summed E-state index contributed by atoms with van der Waals surface area (Å²) >= 11 is 13.5. The van der Waals surface area contributed by atoms with Crippen molar-refractivity contribution in [1.29, 1.82) is 0 Å². The Kier molecular flexibility index (Phi) is 12.1. The molecule has 9 nitrogen and oxygen atoms in total. The second-order valence-corrected chi connectivity index (χ2v) is 16.1. The summed E-state index contributed by atoms with van der Waals surface area (Å²) in [6.45, 7) is 2.01. The fourth-order valence-electron chi connectivity index (χ4n) is 7.80. The number of nitrogens with one attached hydrogen (secondary N) is 1. The number of hydrogen-bond donors (Lipinski definition) is 1. The third-order valence-electron chi connectivity index (χ3n) is 11.3. The van der Waals surface area contributed by atoms with Crippen molar-refractivity contribution < 1.29 is 41.7 Å². The highest BCUT2D eigenvalue weighted by molar-refractivity contribution is 6.36. The number of alkyl halides is 2. The summed E-state index contributed by atoms with van der Waals surface area (Å²) in [5.74, 6) is -0.453. The van der Waals surface area contributed by atoms with Gasteiger partial charge in [-0.05, 0) is 140 Å². The summed E-state index contributed by atoms with van der Waals surface area (Å²) in [6.07, 6.45) is 5.18. The lowest BCUT2D eigenvalue weighted by Crippen LogP contribution is -2.52. The molecule has 2 bridgehead atoms. The molecule has 0 radical (unpaired) electrons. The van der Waals surface area contributed by atoms with Crippen molar-refractivity contribution in [3.05, 3.63) is 123 Å². The molecule has 5 aromatic rings. The van der Waals surface area contributed by atoms with Gasteiger partial charge in [-0.1, -0.05) is 48.3 Å². The molecule has 58 heavy (non-hydrogen) atoms. The largest absolute Gasteiger partial charge is 0.489 e. The van der Waals surface area contributed by atoms with Crippen LogP contribution >= 0.6 is 23.2 Å². The van der Waals surface area contributed by atoms with E-state index in [4.69, 9.17) is 46.6 Å². The minimum absolute atomic E-state index is 0.0758. The molecule has 13 heteroatoms. The molecule has 4 aromatic carbocycles. The third kappa shape index (κ3) is 9.38. The van der Waals surface area contributed by atoms with Crippen LogP contribution in [0.15, 0.2) is 89.5 Å². The molecular formula is C45H44Cl2F2N2O7. The number of benzene rings is 4. The van der Waals surface area contributed by atoms with E-state index in [1.807, 2.05) is 43.3 Å². The predicted octanol–water partition coefficient (Wildman–Crippen LogP) is 10.6. The van der Waals surface area contributed by atoms with Gasteiger partial charge in [0.05, 0.1) is 18.4 Å². The minimum atomic E-state index is -3.06. The fourth-order valence-corrected chi connectivity index (χ4v) is 8.48. The molecule has 1 aromatic heterocycles. The number of halogens is 4. The number of rotatable bonds is 16. The highest BCUT2D eigenvalue weighted by Crippen LogP contribution is 2.39. The Hall–Kier alpha value is -4.84. The summed E-state index contributed by atoms with van der Waals surface area (Å²) in [6, 6.07) is 21.3. The molecule has 1 saturated carbocycles. The normalized spacial score (nSPS) is 19.8. The highest BCUT2D eigenvalue weighted by atomic mass is 35.5. The molecule has 304 valence electrons. The van der Waals surface area contributed by atoms with Crippen molar-refractivity contribution in [2.75, 3.05) is 31.6 Å². The summed E-state index contributed by atoms with van der Waals surface area (Å²) < 4.78 is 55.5. The van der Waals surface area contributed by atoms with Gasteiger partial charge in [0.1, 0.15) is 17.8 Å². The Balaban J connectivity index is 1.07. The average molecular weight is 834 g/mol. The number of hydrogen-bond acceptors (Lipinski definition) is 9. The number of nitrogens with zero attached hydrogens (tertiary/aromatic N) is 1. The van der Waals surface area contributed by atoms with Gasteiger partial charge in [-0.25, -0.2) is 9.59 Å². The van der Waals surface area contributed by atoms with Crippen LogP contribution < -0.4 is 14.8 Å². The average Bonchev–Trinajstić information content (AvgIpc) is 3.94. The molecule has 4 fully saturated rings.